The van der Waals surface area contributed by atoms with Gasteiger partial charge in [-0.2, -0.15) is 0 Å². The molecule has 1 aromatic heterocycles. The first-order valence-corrected chi connectivity index (χ1v) is 7.54. The lowest BCUT2D eigenvalue weighted by Gasteiger charge is -2.03. The third-order valence-corrected chi connectivity index (χ3v) is 3.94. The zero-order valence-corrected chi connectivity index (χ0v) is 13.0. The van der Waals surface area contributed by atoms with E-state index in [9.17, 15) is 9.90 Å². The van der Waals surface area contributed by atoms with Crippen LogP contribution in [-0.4, -0.2) is 28.3 Å². The van der Waals surface area contributed by atoms with E-state index in [0.717, 1.165) is 5.56 Å². The van der Waals surface area contributed by atoms with Gasteiger partial charge in [0.25, 0.3) is 5.91 Å². The third kappa shape index (κ3) is 3.51. The number of aromatic hydroxyl groups is 1. The number of nitrogens with one attached hydrogen (secondary N) is 1. The van der Waals surface area contributed by atoms with Gasteiger partial charge >= 0.3 is 0 Å². The number of pyridine rings is 1. The summed E-state index contributed by atoms with van der Waals surface area (Å²) in [6.45, 7) is 0. The van der Waals surface area contributed by atoms with E-state index in [4.69, 9.17) is 4.74 Å². The lowest BCUT2D eigenvalue weighted by molar-refractivity contribution is -0.115. The number of aliphatic imine (C=N–C) groups is 1. The number of thioether (sulfide) groups is 1. The van der Waals surface area contributed by atoms with E-state index < -0.39 is 0 Å². The van der Waals surface area contributed by atoms with Crippen LogP contribution in [0.3, 0.4) is 0 Å². The lowest BCUT2D eigenvalue weighted by atomic mass is 10.2. The zero-order chi connectivity index (χ0) is 16.2. The number of nitrogens with zero attached hydrogens (tertiary/aromatic N) is 2. The molecule has 0 saturated carbocycles. The Morgan fingerprint density at radius 2 is 2.26 bits per heavy atom. The Bertz CT molecular complexity index is 803. The van der Waals surface area contributed by atoms with Gasteiger partial charge in [0.1, 0.15) is 0 Å². The molecule has 3 rings (SSSR count). The van der Waals surface area contributed by atoms with Gasteiger partial charge in [-0.3, -0.25) is 9.78 Å². The predicted molar refractivity (Wildman–Crippen MR) is 89.7 cm³/mol. The molecule has 1 amide bonds. The molecule has 2 aromatic rings. The molecule has 1 aliphatic heterocycles. The summed E-state index contributed by atoms with van der Waals surface area (Å²) >= 11 is 1.25. The molecule has 1 fully saturated rings. The Balaban J connectivity index is 1.84. The van der Waals surface area contributed by atoms with Gasteiger partial charge in [0.2, 0.25) is 0 Å². The van der Waals surface area contributed by atoms with Crippen molar-refractivity contribution in [2.45, 2.75) is 0 Å². The first-order chi connectivity index (χ1) is 11.2. The molecule has 116 valence electrons. The van der Waals surface area contributed by atoms with Gasteiger partial charge in [-0.1, -0.05) is 6.07 Å². The largest absolute Gasteiger partial charge is 0.504 e. The van der Waals surface area contributed by atoms with Crippen LogP contribution in [0.2, 0.25) is 0 Å². The van der Waals surface area contributed by atoms with Gasteiger partial charge in [0.15, 0.2) is 16.7 Å². The topological polar surface area (TPSA) is 83.8 Å². The molecule has 0 radical (unpaired) electrons. The molecule has 0 atom stereocenters. The summed E-state index contributed by atoms with van der Waals surface area (Å²) in [6.07, 6.45) is 4.99. The van der Waals surface area contributed by atoms with Crippen molar-refractivity contribution >= 4 is 34.6 Å². The minimum atomic E-state index is -0.218. The van der Waals surface area contributed by atoms with E-state index in [1.54, 1.807) is 42.7 Å². The van der Waals surface area contributed by atoms with Crippen molar-refractivity contribution in [2.75, 3.05) is 7.11 Å². The Morgan fingerprint density at radius 3 is 3.00 bits per heavy atom. The van der Waals surface area contributed by atoms with Crippen molar-refractivity contribution in [1.82, 2.24) is 10.3 Å². The summed E-state index contributed by atoms with van der Waals surface area (Å²) in [5.41, 5.74) is 1.42. The minimum Gasteiger partial charge on any atom is -0.504 e. The van der Waals surface area contributed by atoms with Gasteiger partial charge in [-0.05, 0) is 47.7 Å². The summed E-state index contributed by atoms with van der Waals surface area (Å²) in [4.78, 5) is 20.8. The van der Waals surface area contributed by atoms with Crippen LogP contribution in [0.25, 0.3) is 6.08 Å². The molecule has 7 heteroatoms. The van der Waals surface area contributed by atoms with Crippen molar-refractivity contribution < 1.29 is 14.6 Å². The number of hydrogen-bond acceptors (Lipinski definition) is 6. The number of hydrogen-bond donors (Lipinski definition) is 2. The average molecular weight is 327 g/mol. The van der Waals surface area contributed by atoms with Crippen molar-refractivity contribution in [2.24, 2.45) is 4.99 Å². The predicted octanol–water partition coefficient (Wildman–Crippen LogP) is 2.69. The van der Waals surface area contributed by atoms with Crippen LogP contribution in [0.15, 0.2) is 52.6 Å². The smallest absolute Gasteiger partial charge is 0.264 e. The number of amidine groups is 1. The Hall–Kier alpha value is -2.80. The maximum atomic E-state index is 12.0. The second kappa shape index (κ2) is 6.53. The standard InChI is InChI=1S/C16H13N3O3S/c1-22-13-7-10(4-5-12(13)20)8-14-15(21)19-16(23-14)18-11-3-2-6-17-9-11/h2-9,20H,1H3,(H,18,19,21)/b14-8+. The van der Waals surface area contributed by atoms with Crippen LogP contribution in [0, 0.1) is 0 Å². The molecular formula is C16H13N3O3S. The SMILES string of the molecule is COc1cc(/C=C2/SC(=Nc3cccnc3)NC2=O)ccc1O. The van der Waals surface area contributed by atoms with E-state index in [1.165, 1.54) is 24.9 Å². The average Bonchev–Trinajstić information content (AvgIpc) is 2.89. The Morgan fingerprint density at radius 1 is 1.39 bits per heavy atom. The number of rotatable bonds is 3. The number of amides is 1. The van der Waals surface area contributed by atoms with E-state index in [-0.39, 0.29) is 11.7 Å². The highest BCUT2D eigenvalue weighted by Crippen LogP contribution is 2.31. The number of carbonyl (C=O) groups excluding carboxylic acids is 1. The fourth-order valence-corrected chi connectivity index (χ4v) is 2.79. The van der Waals surface area contributed by atoms with E-state index in [1.807, 2.05) is 0 Å². The third-order valence-electron chi connectivity index (χ3n) is 3.03. The highest BCUT2D eigenvalue weighted by molar-refractivity contribution is 8.18. The van der Waals surface area contributed by atoms with E-state index in [2.05, 4.69) is 15.3 Å². The number of phenolic OH excluding ortho intramolecular Hbond substituents is 1. The van der Waals surface area contributed by atoms with Gasteiger partial charge in [0.05, 0.1) is 23.9 Å². The molecular weight excluding hydrogens is 314 g/mol. The van der Waals surface area contributed by atoms with Crippen LogP contribution >= 0.6 is 11.8 Å². The minimum absolute atomic E-state index is 0.0528. The van der Waals surface area contributed by atoms with Crippen LogP contribution in [0.1, 0.15) is 5.56 Å². The lowest BCUT2D eigenvalue weighted by Crippen LogP contribution is -2.19. The maximum absolute atomic E-state index is 12.0. The molecule has 1 aromatic carbocycles. The second-order valence-electron chi connectivity index (χ2n) is 4.62. The molecule has 23 heavy (non-hydrogen) atoms. The van der Waals surface area contributed by atoms with Crippen molar-refractivity contribution in [3.8, 4) is 11.5 Å². The van der Waals surface area contributed by atoms with Crippen molar-refractivity contribution in [3.63, 3.8) is 0 Å². The number of aromatic nitrogens is 1. The fraction of sp³-hybridized carbons (Fsp3) is 0.0625. The van der Waals surface area contributed by atoms with Gasteiger partial charge in [0, 0.05) is 6.20 Å². The monoisotopic (exact) mass is 327 g/mol. The molecule has 1 saturated heterocycles. The first-order valence-electron chi connectivity index (χ1n) is 6.72. The molecule has 0 aliphatic carbocycles. The molecule has 1 aliphatic rings. The summed E-state index contributed by atoms with van der Waals surface area (Å²) in [7, 11) is 1.47. The second-order valence-corrected chi connectivity index (χ2v) is 5.65. The maximum Gasteiger partial charge on any atom is 0.264 e. The molecule has 0 bridgehead atoms. The number of ether oxygens (including phenoxy) is 1. The number of methoxy groups -OCH3 is 1. The molecule has 2 N–H and O–H groups in total. The molecule has 2 heterocycles. The van der Waals surface area contributed by atoms with Crippen molar-refractivity contribution in [1.29, 1.82) is 0 Å². The highest BCUT2D eigenvalue weighted by atomic mass is 32.2. The summed E-state index contributed by atoms with van der Waals surface area (Å²) in [5, 5.41) is 12.8. The first kappa shape index (κ1) is 15.1. The Kier molecular flexibility index (Phi) is 4.29. The molecule has 0 unspecified atom stereocenters. The van der Waals surface area contributed by atoms with Gasteiger partial charge < -0.3 is 15.2 Å². The normalized spacial score (nSPS) is 17.5. The molecule has 0 spiro atoms. The molecule has 6 nitrogen and oxygen atoms in total. The fourth-order valence-electron chi connectivity index (χ4n) is 1.95. The van der Waals surface area contributed by atoms with Crippen LogP contribution in [0.4, 0.5) is 5.69 Å². The number of benzene rings is 1. The summed E-state index contributed by atoms with van der Waals surface area (Å²) in [6, 6.07) is 8.47. The highest BCUT2D eigenvalue weighted by Gasteiger charge is 2.23. The van der Waals surface area contributed by atoms with Gasteiger partial charge in [-0.15, -0.1) is 0 Å². The number of carbonyl (C=O) groups is 1. The van der Waals surface area contributed by atoms with Crippen molar-refractivity contribution in [3.05, 3.63) is 53.2 Å². The summed E-state index contributed by atoms with van der Waals surface area (Å²) in [5.74, 6) is 0.189. The van der Waals surface area contributed by atoms with Crippen LogP contribution < -0.4 is 10.1 Å². The zero-order valence-electron chi connectivity index (χ0n) is 12.2. The van der Waals surface area contributed by atoms with E-state index in [0.29, 0.717) is 21.5 Å². The quantitative estimate of drug-likeness (QED) is 0.847. The van der Waals surface area contributed by atoms with E-state index >= 15 is 0 Å². The summed E-state index contributed by atoms with van der Waals surface area (Å²) < 4.78 is 5.06. The van der Waals surface area contributed by atoms with Crippen LogP contribution in [-0.2, 0) is 4.79 Å². The van der Waals surface area contributed by atoms with Gasteiger partial charge in [-0.25, -0.2) is 4.99 Å². The van der Waals surface area contributed by atoms with Crippen LogP contribution in [0.5, 0.6) is 11.5 Å². The Labute approximate surface area is 136 Å². The number of phenols is 1.